The molecule has 1 N–H and O–H groups in total. The van der Waals surface area contributed by atoms with Crippen molar-refractivity contribution in [3.63, 3.8) is 0 Å². The minimum atomic E-state index is -0.121. The van der Waals surface area contributed by atoms with Crippen molar-refractivity contribution >= 4 is 35.0 Å². The van der Waals surface area contributed by atoms with E-state index >= 15 is 0 Å². The van der Waals surface area contributed by atoms with Crippen molar-refractivity contribution in [2.45, 2.75) is 36.9 Å². The Labute approximate surface area is 185 Å². The van der Waals surface area contributed by atoms with E-state index in [1.165, 1.54) is 24.6 Å². The highest BCUT2D eigenvalue weighted by Crippen LogP contribution is 2.38. The van der Waals surface area contributed by atoms with Crippen LogP contribution in [0.4, 0.5) is 5.69 Å². The Balaban J connectivity index is 1.54. The number of thioether (sulfide) groups is 1. The van der Waals surface area contributed by atoms with Crippen molar-refractivity contribution < 1.29 is 9.53 Å². The molecule has 1 saturated carbocycles. The van der Waals surface area contributed by atoms with E-state index in [4.69, 9.17) is 16.3 Å². The zero-order chi connectivity index (χ0) is 20.9. The van der Waals surface area contributed by atoms with Gasteiger partial charge in [0.25, 0.3) is 0 Å². The average molecular weight is 443 g/mol. The smallest absolute Gasteiger partial charge is 0.234 e. The second kappa shape index (κ2) is 9.53. The molecule has 0 aliphatic heterocycles. The number of rotatable bonds is 7. The maximum Gasteiger partial charge on any atom is 0.234 e. The van der Waals surface area contributed by atoms with Crippen LogP contribution in [-0.2, 0) is 4.79 Å². The van der Waals surface area contributed by atoms with Crippen molar-refractivity contribution in [2.24, 2.45) is 0 Å². The fraction of sp³-hybridized carbons (Fsp3) is 0.318. The summed E-state index contributed by atoms with van der Waals surface area (Å²) >= 11 is 7.82. The molecular formula is C22H23ClN4O2S. The fourth-order valence-electron chi connectivity index (χ4n) is 3.76. The molecule has 30 heavy (non-hydrogen) atoms. The van der Waals surface area contributed by atoms with Crippen LogP contribution in [0.3, 0.4) is 0 Å². The van der Waals surface area contributed by atoms with Gasteiger partial charge in [0.05, 0.1) is 23.6 Å². The van der Waals surface area contributed by atoms with Crippen LogP contribution in [0.15, 0.2) is 53.7 Å². The van der Waals surface area contributed by atoms with E-state index in [1.807, 2.05) is 48.5 Å². The molecule has 6 nitrogen and oxygen atoms in total. The number of anilines is 1. The van der Waals surface area contributed by atoms with Gasteiger partial charge in [0.15, 0.2) is 11.0 Å². The fourth-order valence-corrected chi connectivity index (χ4v) is 4.78. The van der Waals surface area contributed by atoms with E-state index < -0.39 is 0 Å². The summed E-state index contributed by atoms with van der Waals surface area (Å²) in [5, 5.41) is 13.1. The van der Waals surface area contributed by atoms with Gasteiger partial charge in [-0.3, -0.25) is 9.36 Å². The van der Waals surface area contributed by atoms with Crippen molar-refractivity contribution in [1.82, 2.24) is 14.8 Å². The number of carbonyl (C=O) groups is 1. The summed E-state index contributed by atoms with van der Waals surface area (Å²) in [5.74, 6) is 1.50. The molecule has 0 atom stereocenters. The first-order valence-electron chi connectivity index (χ1n) is 9.93. The van der Waals surface area contributed by atoms with Crippen molar-refractivity contribution in [2.75, 3.05) is 18.2 Å². The number of aromatic nitrogens is 3. The topological polar surface area (TPSA) is 69.0 Å². The summed E-state index contributed by atoms with van der Waals surface area (Å²) in [6.45, 7) is 0. The zero-order valence-corrected chi connectivity index (χ0v) is 18.2. The first-order valence-corrected chi connectivity index (χ1v) is 11.3. The number of halogens is 1. The lowest BCUT2D eigenvalue weighted by molar-refractivity contribution is -0.113. The Hall–Kier alpha value is -2.51. The van der Waals surface area contributed by atoms with Crippen LogP contribution < -0.4 is 10.1 Å². The molecule has 8 heteroatoms. The molecule has 4 rings (SSSR count). The van der Waals surface area contributed by atoms with Crippen LogP contribution in [0.5, 0.6) is 5.75 Å². The van der Waals surface area contributed by atoms with E-state index in [2.05, 4.69) is 20.1 Å². The van der Waals surface area contributed by atoms with Crippen LogP contribution in [0.2, 0.25) is 5.02 Å². The minimum Gasteiger partial charge on any atom is -0.495 e. The number of hydrogen-bond donors (Lipinski definition) is 1. The summed E-state index contributed by atoms with van der Waals surface area (Å²) in [7, 11) is 1.58. The highest BCUT2D eigenvalue weighted by Gasteiger charge is 2.26. The monoisotopic (exact) mass is 442 g/mol. The molecule has 1 amide bonds. The Morgan fingerprint density at radius 2 is 1.90 bits per heavy atom. The SMILES string of the molecule is COc1ccccc1NC(=O)CSc1nnc(-c2ccccc2Cl)n1C1CCCC1. The van der Waals surface area contributed by atoms with Crippen LogP contribution in [-0.4, -0.2) is 33.5 Å². The zero-order valence-electron chi connectivity index (χ0n) is 16.7. The first-order chi connectivity index (χ1) is 14.7. The molecule has 1 aliphatic rings. The van der Waals surface area contributed by atoms with Gasteiger partial charge in [-0.2, -0.15) is 0 Å². The summed E-state index contributed by atoms with van der Waals surface area (Å²) in [6, 6.07) is 15.3. The Bertz CT molecular complexity index is 1030. The predicted octanol–water partition coefficient (Wildman–Crippen LogP) is 5.45. The molecule has 1 aromatic heterocycles. The van der Waals surface area contributed by atoms with Gasteiger partial charge in [0.1, 0.15) is 5.75 Å². The van der Waals surface area contributed by atoms with Crippen LogP contribution in [0.25, 0.3) is 11.4 Å². The molecule has 1 fully saturated rings. The number of hydrogen-bond acceptors (Lipinski definition) is 5. The number of ether oxygens (including phenoxy) is 1. The van der Waals surface area contributed by atoms with E-state index in [9.17, 15) is 4.79 Å². The number of nitrogens with zero attached hydrogens (tertiary/aromatic N) is 3. The molecule has 1 heterocycles. The van der Waals surface area contributed by atoms with E-state index in [1.54, 1.807) is 7.11 Å². The summed E-state index contributed by atoms with van der Waals surface area (Å²) in [4.78, 5) is 12.6. The molecule has 1 aliphatic carbocycles. The quantitative estimate of drug-likeness (QED) is 0.492. The third kappa shape index (κ3) is 4.47. The van der Waals surface area contributed by atoms with Gasteiger partial charge in [0, 0.05) is 11.6 Å². The number of carbonyl (C=O) groups excluding carboxylic acids is 1. The van der Waals surface area contributed by atoms with Crippen LogP contribution in [0, 0.1) is 0 Å². The molecule has 156 valence electrons. The van der Waals surface area contributed by atoms with Gasteiger partial charge in [-0.05, 0) is 37.1 Å². The van der Waals surface area contributed by atoms with Gasteiger partial charge >= 0.3 is 0 Å². The lowest BCUT2D eigenvalue weighted by atomic mass is 10.2. The lowest BCUT2D eigenvalue weighted by Gasteiger charge is -2.17. The standard InChI is InChI=1S/C22H23ClN4O2S/c1-29-19-13-7-6-12-18(19)24-20(28)14-30-22-26-25-21(16-10-4-5-11-17(16)23)27(22)15-8-2-3-9-15/h4-7,10-13,15H,2-3,8-9,14H2,1H3,(H,24,28). The largest absolute Gasteiger partial charge is 0.495 e. The molecule has 3 aromatic rings. The Kier molecular flexibility index (Phi) is 6.59. The maximum absolute atomic E-state index is 12.6. The number of benzene rings is 2. The van der Waals surface area contributed by atoms with Gasteiger partial charge in [-0.15, -0.1) is 10.2 Å². The van der Waals surface area contributed by atoms with E-state index in [0.29, 0.717) is 22.5 Å². The first kappa shape index (κ1) is 20.8. The molecule has 2 aromatic carbocycles. The highest BCUT2D eigenvalue weighted by molar-refractivity contribution is 7.99. The van der Waals surface area contributed by atoms with Gasteiger partial charge in [0.2, 0.25) is 5.91 Å². The Morgan fingerprint density at radius 3 is 2.67 bits per heavy atom. The van der Waals surface area contributed by atoms with Crippen LogP contribution >= 0.6 is 23.4 Å². The van der Waals surface area contributed by atoms with Crippen molar-refractivity contribution in [1.29, 1.82) is 0 Å². The second-order valence-corrected chi connectivity index (χ2v) is 8.48. The number of nitrogens with one attached hydrogen (secondary N) is 1. The highest BCUT2D eigenvalue weighted by atomic mass is 35.5. The van der Waals surface area contributed by atoms with Gasteiger partial charge < -0.3 is 10.1 Å². The molecule has 0 saturated heterocycles. The normalized spacial score (nSPS) is 14.1. The van der Waals surface area contributed by atoms with Crippen LogP contribution in [0.1, 0.15) is 31.7 Å². The van der Waals surface area contributed by atoms with E-state index in [-0.39, 0.29) is 11.7 Å². The number of para-hydroxylation sites is 2. The third-order valence-electron chi connectivity index (χ3n) is 5.18. The van der Waals surface area contributed by atoms with E-state index in [0.717, 1.165) is 29.4 Å². The average Bonchev–Trinajstić information content (AvgIpc) is 3.42. The maximum atomic E-state index is 12.6. The number of amides is 1. The van der Waals surface area contributed by atoms with Crippen molar-refractivity contribution in [3.05, 3.63) is 53.6 Å². The summed E-state index contributed by atoms with van der Waals surface area (Å²) in [6.07, 6.45) is 4.53. The summed E-state index contributed by atoms with van der Waals surface area (Å²) in [5.41, 5.74) is 1.52. The Morgan fingerprint density at radius 1 is 1.17 bits per heavy atom. The minimum absolute atomic E-state index is 0.121. The predicted molar refractivity (Wildman–Crippen MR) is 120 cm³/mol. The third-order valence-corrected chi connectivity index (χ3v) is 6.46. The molecule has 0 unspecified atom stereocenters. The molecule has 0 radical (unpaired) electrons. The molecular weight excluding hydrogens is 420 g/mol. The van der Waals surface area contributed by atoms with Gasteiger partial charge in [-0.25, -0.2) is 0 Å². The number of methoxy groups -OCH3 is 1. The van der Waals surface area contributed by atoms with Gasteiger partial charge in [-0.1, -0.05) is 60.5 Å². The molecule has 0 spiro atoms. The molecule has 0 bridgehead atoms. The lowest BCUT2D eigenvalue weighted by Crippen LogP contribution is -2.16. The second-order valence-electron chi connectivity index (χ2n) is 7.13. The van der Waals surface area contributed by atoms with Crippen molar-refractivity contribution in [3.8, 4) is 17.1 Å². The summed E-state index contributed by atoms with van der Waals surface area (Å²) < 4.78 is 7.46.